The molecule has 0 bridgehead atoms. The Hall–Kier alpha value is -2.80. The molecule has 7 heteroatoms. The highest BCUT2D eigenvalue weighted by molar-refractivity contribution is 7.71. The largest absolute Gasteiger partial charge is 0.485 e. The second-order valence-corrected chi connectivity index (χ2v) is 5.68. The molecule has 0 saturated heterocycles. The Labute approximate surface area is 144 Å². The van der Waals surface area contributed by atoms with Gasteiger partial charge >= 0.3 is 0 Å². The third kappa shape index (κ3) is 3.57. The van der Waals surface area contributed by atoms with Crippen LogP contribution in [0.1, 0.15) is 22.5 Å². The normalized spacial score (nSPS) is 11.1. The molecule has 1 aromatic carbocycles. The first-order chi connectivity index (χ1) is 11.6. The third-order valence-electron chi connectivity index (χ3n) is 3.50. The summed E-state index contributed by atoms with van der Waals surface area (Å²) < 4.78 is 7.90. The minimum Gasteiger partial charge on any atom is -0.485 e. The van der Waals surface area contributed by atoms with E-state index in [1.807, 2.05) is 44.2 Å². The number of aromatic nitrogens is 4. The van der Waals surface area contributed by atoms with Gasteiger partial charge in [0.1, 0.15) is 12.4 Å². The molecule has 0 radical (unpaired) electrons. The van der Waals surface area contributed by atoms with Gasteiger partial charge in [-0.2, -0.15) is 14.9 Å². The van der Waals surface area contributed by atoms with E-state index in [9.17, 15) is 0 Å². The van der Waals surface area contributed by atoms with Crippen LogP contribution >= 0.6 is 12.2 Å². The quantitative estimate of drug-likeness (QED) is 0.571. The number of aromatic amines is 1. The van der Waals surface area contributed by atoms with E-state index in [2.05, 4.69) is 20.3 Å². The molecule has 2 aromatic heterocycles. The molecule has 0 spiro atoms. The number of nitrogens with one attached hydrogen (secondary N) is 1. The number of hydrogen-bond acceptors (Lipinski definition) is 5. The van der Waals surface area contributed by atoms with E-state index in [0.29, 0.717) is 10.6 Å². The summed E-state index contributed by atoms with van der Waals surface area (Å²) in [6.07, 6.45) is 5.12. The molecular weight excluding hydrogens is 322 g/mol. The van der Waals surface area contributed by atoms with Gasteiger partial charge in [0.25, 0.3) is 0 Å². The Bertz CT molecular complexity index is 894. The van der Waals surface area contributed by atoms with Gasteiger partial charge in [0.2, 0.25) is 4.77 Å². The first-order valence-electron chi connectivity index (χ1n) is 7.45. The molecule has 122 valence electrons. The summed E-state index contributed by atoms with van der Waals surface area (Å²) in [4.78, 5) is 3.98. The monoisotopic (exact) mass is 339 g/mol. The number of ether oxygens (including phenoxy) is 1. The number of H-pyrrole nitrogens is 1. The molecule has 2 heterocycles. The lowest BCUT2D eigenvalue weighted by molar-refractivity contribution is 0.287. The van der Waals surface area contributed by atoms with Gasteiger partial charge < -0.3 is 4.74 Å². The van der Waals surface area contributed by atoms with Crippen LogP contribution in [0.15, 0.2) is 47.8 Å². The Kier molecular flexibility index (Phi) is 4.81. The minimum atomic E-state index is 0.270. The van der Waals surface area contributed by atoms with Crippen molar-refractivity contribution in [3.8, 4) is 5.75 Å². The van der Waals surface area contributed by atoms with Crippen LogP contribution in [0.25, 0.3) is 0 Å². The average molecular weight is 339 g/mol. The molecule has 0 aliphatic rings. The van der Waals surface area contributed by atoms with E-state index >= 15 is 0 Å². The number of benzene rings is 1. The highest BCUT2D eigenvalue weighted by Crippen LogP contribution is 2.23. The summed E-state index contributed by atoms with van der Waals surface area (Å²) >= 11 is 5.23. The molecule has 3 aromatic rings. The van der Waals surface area contributed by atoms with Crippen molar-refractivity contribution in [2.45, 2.75) is 20.5 Å². The molecule has 0 aliphatic heterocycles. The first-order valence-corrected chi connectivity index (χ1v) is 7.85. The summed E-state index contributed by atoms with van der Waals surface area (Å²) in [5, 5.41) is 11.3. The van der Waals surface area contributed by atoms with Crippen LogP contribution in [-0.2, 0) is 6.61 Å². The van der Waals surface area contributed by atoms with Crippen LogP contribution < -0.4 is 4.74 Å². The molecule has 0 amide bonds. The summed E-state index contributed by atoms with van der Waals surface area (Å²) in [6.45, 7) is 4.30. The van der Waals surface area contributed by atoms with Gasteiger partial charge in [-0.1, -0.05) is 18.2 Å². The van der Waals surface area contributed by atoms with Crippen molar-refractivity contribution < 1.29 is 4.74 Å². The van der Waals surface area contributed by atoms with Crippen LogP contribution in [0.3, 0.4) is 0 Å². The standard InChI is InChI=1S/C17H17N5OS/c1-12-4-3-5-13(2)16(12)23-11-15-20-21-17(24)22(15)19-10-14-6-8-18-9-7-14/h3-10H,11H2,1-2H3,(H,21,24)/b19-10-. The number of para-hydroxylation sites is 1. The molecule has 3 rings (SSSR count). The first kappa shape index (κ1) is 16.1. The molecule has 0 saturated carbocycles. The Morgan fingerprint density at radius 1 is 1.21 bits per heavy atom. The maximum absolute atomic E-state index is 5.93. The summed E-state index contributed by atoms with van der Waals surface area (Å²) in [5.41, 5.74) is 3.08. The zero-order chi connectivity index (χ0) is 16.9. The van der Waals surface area contributed by atoms with Crippen LogP contribution in [0.5, 0.6) is 5.75 Å². The van der Waals surface area contributed by atoms with Crippen molar-refractivity contribution >= 4 is 18.4 Å². The van der Waals surface area contributed by atoms with Crippen molar-refractivity contribution in [2.24, 2.45) is 5.10 Å². The SMILES string of the molecule is Cc1cccc(C)c1OCc1n[nH]c(=S)n1/N=C\c1ccncc1. The smallest absolute Gasteiger partial charge is 0.216 e. The number of aryl methyl sites for hydroxylation is 2. The van der Waals surface area contributed by atoms with Crippen molar-refractivity contribution in [1.29, 1.82) is 0 Å². The van der Waals surface area contributed by atoms with Gasteiger partial charge in [-0.05, 0) is 54.9 Å². The summed E-state index contributed by atoms with van der Waals surface area (Å²) in [7, 11) is 0. The topological polar surface area (TPSA) is 68.1 Å². The lowest BCUT2D eigenvalue weighted by Crippen LogP contribution is -2.05. The molecule has 0 unspecified atom stereocenters. The lowest BCUT2D eigenvalue weighted by Gasteiger charge is -2.11. The minimum absolute atomic E-state index is 0.270. The third-order valence-corrected chi connectivity index (χ3v) is 3.76. The van der Waals surface area contributed by atoms with Crippen LogP contribution in [-0.4, -0.2) is 26.1 Å². The fourth-order valence-electron chi connectivity index (χ4n) is 2.27. The summed E-state index contributed by atoms with van der Waals surface area (Å²) in [6, 6.07) is 9.76. The Balaban J connectivity index is 1.80. The highest BCUT2D eigenvalue weighted by atomic mass is 32.1. The maximum Gasteiger partial charge on any atom is 0.216 e. The number of pyridine rings is 1. The zero-order valence-electron chi connectivity index (χ0n) is 13.4. The van der Waals surface area contributed by atoms with E-state index in [1.54, 1.807) is 23.3 Å². The van der Waals surface area contributed by atoms with Crippen molar-refractivity contribution in [2.75, 3.05) is 0 Å². The van der Waals surface area contributed by atoms with Crippen LogP contribution in [0.4, 0.5) is 0 Å². The number of nitrogens with zero attached hydrogens (tertiary/aromatic N) is 4. The molecule has 0 fully saturated rings. The van der Waals surface area contributed by atoms with Gasteiger partial charge in [0.15, 0.2) is 5.82 Å². The zero-order valence-corrected chi connectivity index (χ0v) is 14.2. The van der Waals surface area contributed by atoms with Gasteiger partial charge in [-0.15, -0.1) is 0 Å². The Morgan fingerprint density at radius 3 is 2.62 bits per heavy atom. The molecule has 24 heavy (non-hydrogen) atoms. The number of hydrogen-bond donors (Lipinski definition) is 1. The van der Waals surface area contributed by atoms with Gasteiger partial charge in [-0.25, -0.2) is 5.10 Å². The fourth-order valence-corrected chi connectivity index (χ4v) is 2.47. The maximum atomic E-state index is 5.93. The number of rotatable bonds is 5. The highest BCUT2D eigenvalue weighted by Gasteiger charge is 2.09. The van der Waals surface area contributed by atoms with Gasteiger partial charge in [0, 0.05) is 12.4 Å². The second kappa shape index (κ2) is 7.18. The van der Waals surface area contributed by atoms with Crippen molar-refractivity contribution in [1.82, 2.24) is 19.9 Å². The van der Waals surface area contributed by atoms with E-state index in [1.165, 1.54) is 0 Å². The second-order valence-electron chi connectivity index (χ2n) is 5.29. The predicted octanol–water partition coefficient (Wildman–Crippen LogP) is 3.41. The van der Waals surface area contributed by atoms with Gasteiger partial charge in [-0.3, -0.25) is 4.98 Å². The molecule has 6 nitrogen and oxygen atoms in total. The van der Waals surface area contributed by atoms with Crippen LogP contribution in [0, 0.1) is 18.6 Å². The molecular formula is C17H17N5OS. The van der Waals surface area contributed by atoms with E-state index < -0.39 is 0 Å². The van der Waals surface area contributed by atoms with Crippen LogP contribution in [0.2, 0.25) is 0 Å². The van der Waals surface area contributed by atoms with E-state index in [0.717, 1.165) is 22.4 Å². The average Bonchev–Trinajstić information content (AvgIpc) is 2.93. The van der Waals surface area contributed by atoms with E-state index in [-0.39, 0.29) is 6.61 Å². The molecule has 1 N–H and O–H groups in total. The lowest BCUT2D eigenvalue weighted by atomic mass is 10.1. The van der Waals surface area contributed by atoms with E-state index in [4.69, 9.17) is 17.0 Å². The van der Waals surface area contributed by atoms with Crippen molar-refractivity contribution in [3.05, 3.63) is 70.0 Å². The molecule has 0 atom stereocenters. The Morgan fingerprint density at radius 2 is 1.92 bits per heavy atom. The fraction of sp³-hybridized carbons (Fsp3) is 0.176. The predicted molar refractivity (Wildman–Crippen MR) is 94.9 cm³/mol. The molecule has 0 aliphatic carbocycles. The van der Waals surface area contributed by atoms with Gasteiger partial charge in [0.05, 0.1) is 6.21 Å². The van der Waals surface area contributed by atoms with Crippen molar-refractivity contribution in [3.63, 3.8) is 0 Å². The summed E-state index contributed by atoms with van der Waals surface area (Å²) in [5.74, 6) is 1.46.